The average Bonchev–Trinajstić information content (AvgIpc) is 3.39. The van der Waals surface area contributed by atoms with E-state index in [4.69, 9.17) is 4.42 Å². The van der Waals surface area contributed by atoms with Crippen molar-refractivity contribution in [3.63, 3.8) is 0 Å². The van der Waals surface area contributed by atoms with Gasteiger partial charge in [-0.3, -0.25) is 0 Å². The molecule has 0 saturated carbocycles. The molecule has 43 heavy (non-hydrogen) atoms. The van der Waals surface area contributed by atoms with Crippen LogP contribution in [-0.4, -0.2) is 0 Å². The monoisotopic (exact) mass is 664 g/mol. The summed E-state index contributed by atoms with van der Waals surface area (Å²) < 4.78 is 7.11. The second-order valence-electron chi connectivity index (χ2n) is 10.7. The van der Waals surface area contributed by atoms with Gasteiger partial charge in [-0.15, -0.1) is 0 Å². The molecule has 0 saturated heterocycles. The molecule has 206 valence electrons. The fourth-order valence-electron chi connectivity index (χ4n) is 6.20. The van der Waals surface area contributed by atoms with Gasteiger partial charge in [0.1, 0.15) is 5.58 Å². The lowest BCUT2D eigenvalue weighted by atomic mass is 9.83. The number of furan rings is 1. The molecular weight excluding hydrogens is 635 g/mol. The molecule has 0 N–H and O–H groups in total. The van der Waals surface area contributed by atoms with E-state index in [1.807, 2.05) is 12.2 Å². The lowest BCUT2D eigenvalue weighted by molar-refractivity contribution is 0.585. The molecule has 1 nitrogen and oxygen atoms in total. The van der Waals surface area contributed by atoms with Gasteiger partial charge in [0, 0.05) is 33.5 Å². The zero-order chi connectivity index (χ0) is 29.3. The average molecular weight is 665 g/mol. The van der Waals surface area contributed by atoms with Crippen LogP contribution in [0.1, 0.15) is 11.1 Å². The van der Waals surface area contributed by atoms with Crippen molar-refractivity contribution >= 4 is 50.4 Å². The van der Waals surface area contributed by atoms with Crippen LogP contribution in [0, 0.1) is 10.7 Å². The number of allylic oxidation sites excluding steroid dienone is 2. The SMILES string of the molecule is C=C/C=C\c1c(C)c(-c2ccc(-c3c(I)oc4ccc(-c5ccccc5)cc34)cc2)c2ccccc2c1-c1ccccc1. The minimum atomic E-state index is 0.899. The lowest BCUT2D eigenvalue weighted by Crippen LogP contribution is -1.96. The highest BCUT2D eigenvalue weighted by atomic mass is 127. The molecule has 7 aromatic rings. The Kier molecular flexibility index (Phi) is 7.30. The molecule has 0 amide bonds. The molecule has 1 aromatic heterocycles. The van der Waals surface area contributed by atoms with Crippen LogP contribution < -0.4 is 0 Å². The fourth-order valence-corrected chi connectivity index (χ4v) is 7.04. The van der Waals surface area contributed by atoms with Crippen LogP contribution in [0.5, 0.6) is 0 Å². The van der Waals surface area contributed by atoms with E-state index in [2.05, 4.69) is 170 Å². The molecule has 0 radical (unpaired) electrons. The molecule has 0 aliphatic heterocycles. The van der Waals surface area contributed by atoms with Crippen LogP contribution in [0.2, 0.25) is 0 Å². The van der Waals surface area contributed by atoms with E-state index in [0.29, 0.717) is 0 Å². The van der Waals surface area contributed by atoms with E-state index in [9.17, 15) is 0 Å². The minimum absolute atomic E-state index is 0.899. The molecule has 7 rings (SSSR count). The van der Waals surface area contributed by atoms with Gasteiger partial charge in [-0.05, 0) is 79.9 Å². The first-order valence-corrected chi connectivity index (χ1v) is 15.5. The number of halogens is 1. The summed E-state index contributed by atoms with van der Waals surface area (Å²) in [5.41, 5.74) is 12.9. The van der Waals surface area contributed by atoms with Crippen molar-refractivity contribution in [2.45, 2.75) is 6.92 Å². The Morgan fingerprint density at radius 2 is 1.09 bits per heavy atom. The third kappa shape index (κ3) is 4.92. The number of hydrogen-bond donors (Lipinski definition) is 0. The first-order valence-electron chi connectivity index (χ1n) is 14.4. The van der Waals surface area contributed by atoms with E-state index in [0.717, 1.165) is 25.9 Å². The highest BCUT2D eigenvalue weighted by Gasteiger charge is 2.19. The van der Waals surface area contributed by atoms with E-state index in [1.54, 1.807) is 0 Å². The smallest absolute Gasteiger partial charge is 0.172 e. The van der Waals surface area contributed by atoms with Crippen LogP contribution in [0.25, 0.3) is 72.3 Å². The zero-order valence-corrected chi connectivity index (χ0v) is 26.0. The van der Waals surface area contributed by atoms with Crippen molar-refractivity contribution in [3.8, 4) is 44.5 Å². The Morgan fingerprint density at radius 1 is 0.558 bits per heavy atom. The highest BCUT2D eigenvalue weighted by Crippen LogP contribution is 2.44. The van der Waals surface area contributed by atoms with Gasteiger partial charge < -0.3 is 4.42 Å². The first kappa shape index (κ1) is 27.2. The predicted octanol–water partition coefficient (Wildman–Crippen LogP) is 12.4. The van der Waals surface area contributed by atoms with Gasteiger partial charge in [0.05, 0.1) is 0 Å². The quantitative estimate of drug-likeness (QED) is 0.127. The molecule has 1 heterocycles. The van der Waals surface area contributed by atoms with Gasteiger partial charge in [-0.2, -0.15) is 0 Å². The topological polar surface area (TPSA) is 13.1 Å². The van der Waals surface area contributed by atoms with E-state index in [-0.39, 0.29) is 0 Å². The first-order chi connectivity index (χ1) is 21.1. The van der Waals surface area contributed by atoms with E-state index in [1.165, 1.54) is 55.3 Å². The van der Waals surface area contributed by atoms with Gasteiger partial charge in [-0.25, -0.2) is 0 Å². The Hall–Kier alpha value is -4.67. The Labute approximate surface area is 266 Å². The zero-order valence-electron chi connectivity index (χ0n) is 23.8. The highest BCUT2D eigenvalue weighted by molar-refractivity contribution is 14.1. The summed E-state index contributed by atoms with van der Waals surface area (Å²) in [5, 5.41) is 3.62. The Bertz CT molecular complexity index is 2130. The number of hydrogen-bond acceptors (Lipinski definition) is 1. The van der Waals surface area contributed by atoms with Crippen LogP contribution >= 0.6 is 22.6 Å². The van der Waals surface area contributed by atoms with Gasteiger partial charge >= 0.3 is 0 Å². The van der Waals surface area contributed by atoms with Gasteiger partial charge in [0.25, 0.3) is 0 Å². The van der Waals surface area contributed by atoms with Crippen LogP contribution in [0.15, 0.2) is 151 Å². The third-order valence-electron chi connectivity index (χ3n) is 8.19. The maximum absolute atomic E-state index is 6.22. The van der Waals surface area contributed by atoms with Crippen molar-refractivity contribution in [2.24, 2.45) is 0 Å². The number of rotatable bonds is 6. The van der Waals surface area contributed by atoms with Crippen LogP contribution in [0.3, 0.4) is 0 Å². The predicted molar refractivity (Wildman–Crippen MR) is 192 cm³/mol. The Balaban J connectivity index is 1.39. The fraction of sp³-hybridized carbons (Fsp3) is 0.0244. The summed E-state index contributed by atoms with van der Waals surface area (Å²) in [5.74, 6) is 0. The maximum Gasteiger partial charge on any atom is 0.172 e. The molecule has 0 unspecified atom stereocenters. The van der Waals surface area contributed by atoms with E-state index >= 15 is 0 Å². The van der Waals surface area contributed by atoms with Crippen LogP contribution in [-0.2, 0) is 0 Å². The van der Waals surface area contributed by atoms with Crippen molar-refractivity contribution in [1.29, 1.82) is 0 Å². The van der Waals surface area contributed by atoms with Gasteiger partial charge in [-0.1, -0.05) is 140 Å². The van der Waals surface area contributed by atoms with Gasteiger partial charge in [0.2, 0.25) is 0 Å². The molecule has 0 bridgehead atoms. The summed E-state index contributed by atoms with van der Waals surface area (Å²) in [4.78, 5) is 0. The van der Waals surface area contributed by atoms with Crippen molar-refractivity contribution in [2.75, 3.05) is 0 Å². The molecule has 0 aliphatic carbocycles. The second kappa shape index (κ2) is 11.5. The minimum Gasteiger partial charge on any atom is -0.450 e. The summed E-state index contributed by atoms with van der Waals surface area (Å²) in [6.45, 7) is 6.18. The normalized spacial score (nSPS) is 11.5. The summed E-state index contributed by atoms with van der Waals surface area (Å²) in [6, 6.07) is 45.4. The summed E-state index contributed by atoms with van der Waals surface area (Å²) in [6.07, 6.45) is 6.07. The second-order valence-corrected chi connectivity index (χ2v) is 11.7. The molecular formula is C41H29IO. The molecule has 6 aromatic carbocycles. The number of fused-ring (bicyclic) bond motifs is 2. The molecule has 0 atom stereocenters. The lowest BCUT2D eigenvalue weighted by Gasteiger charge is -2.20. The van der Waals surface area contributed by atoms with Crippen molar-refractivity contribution in [1.82, 2.24) is 0 Å². The molecule has 2 heteroatoms. The maximum atomic E-state index is 6.22. The van der Waals surface area contributed by atoms with Gasteiger partial charge in [0.15, 0.2) is 3.77 Å². The largest absolute Gasteiger partial charge is 0.450 e. The Morgan fingerprint density at radius 3 is 1.74 bits per heavy atom. The summed E-state index contributed by atoms with van der Waals surface area (Å²) >= 11 is 2.32. The molecule has 0 fully saturated rings. The standard InChI is InChI=1S/C41H29IO/c1-3-4-17-33-27(2)38(34-18-11-12-19-35(34)39(33)29-15-9-6-10-16-29)30-20-22-31(23-21-30)40-36-26-32(28-13-7-5-8-14-28)24-25-37(36)43-41(40)42/h3-26H,1H2,2H3/b17-4-. The summed E-state index contributed by atoms with van der Waals surface area (Å²) in [7, 11) is 0. The van der Waals surface area contributed by atoms with Crippen LogP contribution in [0.4, 0.5) is 0 Å². The number of benzene rings is 6. The third-order valence-corrected chi connectivity index (χ3v) is 8.95. The van der Waals surface area contributed by atoms with Crippen molar-refractivity contribution < 1.29 is 4.42 Å². The van der Waals surface area contributed by atoms with Crippen molar-refractivity contribution in [3.05, 3.63) is 161 Å². The molecule has 0 spiro atoms. The van der Waals surface area contributed by atoms with E-state index < -0.39 is 0 Å². The molecule has 0 aliphatic rings.